The van der Waals surface area contributed by atoms with Crippen molar-refractivity contribution in [3.63, 3.8) is 0 Å². The summed E-state index contributed by atoms with van der Waals surface area (Å²) in [5.74, 6) is 32.8. The quantitative estimate of drug-likeness (QED) is 0.203. The second-order valence-corrected chi connectivity index (χ2v) is 4.82. The van der Waals surface area contributed by atoms with Gasteiger partial charge in [-0.2, -0.15) is 0 Å². The zero-order valence-electron chi connectivity index (χ0n) is 15.9. The molecule has 0 aromatic heterocycles. The standard InChI is InChI=1S/C23H13NO7/c1-2-3-4-5-6-7-8-9-10-11-12-13-14-15-16-17-24-22(29)20(27)18(25)19(26)21(28)23(30)31/h18-21,25-28H,1H3,(H,24,29)(H,30,31)/t18-,19-,20+,21-/m1/s1. The molecular weight excluding hydrogens is 402 g/mol. The molecule has 0 heterocycles. The van der Waals surface area contributed by atoms with E-state index in [1.807, 2.05) is 11.4 Å². The zero-order valence-corrected chi connectivity index (χ0v) is 15.9. The Bertz CT molecular complexity index is 1190. The average molecular weight is 415 g/mol. The lowest BCUT2D eigenvalue weighted by Gasteiger charge is -2.23. The highest BCUT2D eigenvalue weighted by Gasteiger charge is 2.37. The number of nitrogens with one attached hydrogen (secondary N) is 1. The van der Waals surface area contributed by atoms with E-state index in [0.717, 1.165) is 0 Å². The average Bonchev–Trinajstić information content (AvgIpc) is 2.76. The highest BCUT2D eigenvalue weighted by atomic mass is 16.4. The summed E-state index contributed by atoms with van der Waals surface area (Å²) in [6.45, 7) is 1.65. The van der Waals surface area contributed by atoms with E-state index in [1.54, 1.807) is 6.92 Å². The van der Waals surface area contributed by atoms with Gasteiger partial charge in [-0.25, -0.2) is 4.79 Å². The van der Waals surface area contributed by atoms with Crippen molar-refractivity contribution in [2.75, 3.05) is 0 Å². The molecule has 0 saturated heterocycles. The van der Waals surface area contributed by atoms with Gasteiger partial charge in [-0.3, -0.25) is 10.1 Å². The predicted octanol–water partition coefficient (Wildman–Crippen LogP) is -3.36. The summed E-state index contributed by atoms with van der Waals surface area (Å²) in [5.41, 5.74) is 0. The number of carbonyl (C=O) groups excluding carboxylic acids is 1. The Morgan fingerprint density at radius 2 is 0.968 bits per heavy atom. The first-order chi connectivity index (χ1) is 14.8. The van der Waals surface area contributed by atoms with E-state index >= 15 is 0 Å². The number of carbonyl (C=O) groups is 2. The fourth-order valence-electron chi connectivity index (χ4n) is 1.31. The molecule has 8 heteroatoms. The SMILES string of the molecule is CC#CC#CC#CC#CC#CC#CC#CC#CNC(=O)[C@@H](O)[C@H](O)[C@@H](O)[C@@H](O)C(=O)O. The summed E-state index contributed by atoms with van der Waals surface area (Å²) in [6.07, 6.45) is -9.20. The lowest BCUT2D eigenvalue weighted by molar-refractivity contribution is -0.166. The highest BCUT2D eigenvalue weighted by Crippen LogP contribution is 2.05. The monoisotopic (exact) mass is 415 g/mol. The molecule has 0 aromatic rings. The molecule has 152 valence electrons. The Morgan fingerprint density at radius 1 is 0.613 bits per heavy atom. The van der Waals surface area contributed by atoms with Crippen LogP contribution in [0.2, 0.25) is 0 Å². The van der Waals surface area contributed by atoms with Crippen molar-refractivity contribution in [2.45, 2.75) is 31.3 Å². The first-order valence-electron chi connectivity index (χ1n) is 7.99. The summed E-state index contributed by atoms with van der Waals surface area (Å²) in [5, 5.41) is 47.8. The van der Waals surface area contributed by atoms with E-state index in [0.29, 0.717) is 0 Å². The second-order valence-electron chi connectivity index (χ2n) is 4.82. The van der Waals surface area contributed by atoms with Crippen LogP contribution in [0.5, 0.6) is 0 Å². The van der Waals surface area contributed by atoms with Gasteiger partial charge in [-0.05, 0) is 48.4 Å². The second kappa shape index (κ2) is 16.2. The molecular formula is C23H13NO7. The fraction of sp³-hybridized carbons (Fsp3) is 0.217. The van der Waals surface area contributed by atoms with Crippen molar-refractivity contribution in [2.24, 2.45) is 0 Å². The number of aliphatic carboxylic acids is 1. The number of hydrogen-bond donors (Lipinski definition) is 6. The normalized spacial score (nSPS) is 11.1. The molecule has 0 aliphatic heterocycles. The van der Waals surface area contributed by atoms with Crippen LogP contribution in [-0.4, -0.2) is 61.8 Å². The van der Waals surface area contributed by atoms with Gasteiger partial charge in [0.05, 0.1) is 0 Å². The Labute approximate surface area is 179 Å². The fourth-order valence-corrected chi connectivity index (χ4v) is 1.31. The number of carboxylic acid groups (broad SMARTS) is 1. The van der Waals surface area contributed by atoms with Crippen LogP contribution in [0.15, 0.2) is 0 Å². The van der Waals surface area contributed by atoms with E-state index in [2.05, 4.69) is 88.8 Å². The van der Waals surface area contributed by atoms with E-state index < -0.39 is 36.3 Å². The molecule has 0 aromatic carbocycles. The number of rotatable bonds is 5. The largest absolute Gasteiger partial charge is 0.479 e. The summed E-state index contributed by atoms with van der Waals surface area (Å²) in [7, 11) is 0. The zero-order chi connectivity index (χ0) is 23.5. The smallest absolute Gasteiger partial charge is 0.335 e. The lowest BCUT2D eigenvalue weighted by atomic mass is 10.0. The van der Waals surface area contributed by atoms with Crippen LogP contribution in [-0.2, 0) is 9.59 Å². The van der Waals surface area contributed by atoms with E-state index in [1.165, 1.54) is 0 Å². The molecule has 0 fully saturated rings. The molecule has 0 saturated carbocycles. The highest BCUT2D eigenvalue weighted by molar-refractivity contribution is 5.83. The van der Waals surface area contributed by atoms with Crippen LogP contribution in [0, 0.1) is 94.9 Å². The minimum Gasteiger partial charge on any atom is -0.479 e. The van der Waals surface area contributed by atoms with Crippen LogP contribution < -0.4 is 5.32 Å². The molecule has 0 aliphatic rings. The van der Waals surface area contributed by atoms with Crippen molar-refractivity contribution in [3.8, 4) is 94.9 Å². The molecule has 0 spiro atoms. The van der Waals surface area contributed by atoms with Crippen LogP contribution in [0.25, 0.3) is 0 Å². The van der Waals surface area contributed by atoms with E-state index in [4.69, 9.17) is 10.2 Å². The van der Waals surface area contributed by atoms with Gasteiger partial charge in [0.25, 0.3) is 5.91 Å². The number of amides is 1. The van der Waals surface area contributed by atoms with Crippen molar-refractivity contribution in [1.29, 1.82) is 0 Å². The molecule has 6 N–H and O–H groups in total. The number of carboxylic acids is 1. The van der Waals surface area contributed by atoms with Gasteiger partial charge in [0.15, 0.2) is 12.2 Å². The number of aliphatic hydroxyl groups is 4. The maximum atomic E-state index is 11.5. The first kappa shape index (κ1) is 26.3. The Morgan fingerprint density at radius 3 is 1.35 bits per heavy atom. The summed E-state index contributed by atoms with van der Waals surface area (Å²) in [4.78, 5) is 22.0. The Balaban J connectivity index is 4.60. The van der Waals surface area contributed by atoms with Gasteiger partial charge in [-0.15, -0.1) is 0 Å². The molecule has 1 amide bonds. The van der Waals surface area contributed by atoms with Crippen molar-refractivity contribution in [3.05, 3.63) is 0 Å². The van der Waals surface area contributed by atoms with Crippen LogP contribution in [0.1, 0.15) is 6.92 Å². The number of hydrogen-bond acceptors (Lipinski definition) is 6. The topological polar surface area (TPSA) is 147 Å². The van der Waals surface area contributed by atoms with Crippen molar-refractivity contribution < 1.29 is 35.1 Å². The van der Waals surface area contributed by atoms with Gasteiger partial charge in [0, 0.05) is 47.5 Å². The first-order valence-corrected chi connectivity index (χ1v) is 7.99. The van der Waals surface area contributed by atoms with Gasteiger partial charge in [0.2, 0.25) is 0 Å². The molecule has 0 unspecified atom stereocenters. The minimum atomic E-state index is -2.39. The summed E-state index contributed by atoms with van der Waals surface area (Å²) in [6, 6.07) is 2.04. The Hall–Kier alpha value is -4.74. The van der Waals surface area contributed by atoms with E-state index in [9.17, 15) is 24.9 Å². The van der Waals surface area contributed by atoms with Crippen LogP contribution >= 0.6 is 0 Å². The molecule has 0 radical (unpaired) electrons. The molecule has 0 bridgehead atoms. The van der Waals surface area contributed by atoms with Crippen LogP contribution in [0.3, 0.4) is 0 Å². The maximum Gasteiger partial charge on any atom is 0.335 e. The lowest BCUT2D eigenvalue weighted by Crippen LogP contribution is -2.52. The predicted molar refractivity (Wildman–Crippen MR) is 108 cm³/mol. The van der Waals surface area contributed by atoms with Gasteiger partial charge < -0.3 is 25.5 Å². The molecule has 0 aliphatic carbocycles. The van der Waals surface area contributed by atoms with Crippen molar-refractivity contribution in [1.82, 2.24) is 5.32 Å². The van der Waals surface area contributed by atoms with Gasteiger partial charge in [-0.1, -0.05) is 5.92 Å². The molecule has 31 heavy (non-hydrogen) atoms. The molecule has 8 nitrogen and oxygen atoms in total. The Kier molecular flexibility index (Phi) is 13.8. The maximum absolute atomic E-state index is 11.5. The minimum absolute atomic E-state index is 1.25. The van der Waals surface area contributed by atoms with Crippen molar-refractivity contribution >= 4 is 11.9 Å². The van der Waals surface area contributed by atoms with Gasteiger partial charge >= 0.3 is 5.97 Å². The summed E-state index contributed by atoms with van der Waals surface area (Å²) < 4.78 is 0. The molecule has 0 rings (SSSR count). The van der Waals surface area contributed by atoms with E-state index in [-0.39, 0.29) is 0 Å². The van der Waals surface area contributed by atoms with Gasteiger partial charge in [0.1, 0.15) is 12.2 Å². The molecule has 4 atom stereocenters. The van der Waals surface area contributed by atoms with Crippen LogP contribution in [0.4, 0.5) is 0 Å². The number of aliphatic hydroxyl groups excluding tert-OH is 4. The summed E-state index contributed by atoms with van der Waals surface area (Å²) >= 11 is 0. The third kappa shape index (κ3) is 12.4. The third-order valence-electron chi connectivity index (χ3n) is 2.70. The third-order valence-corrected chi connectivity index (χ3v) is 2.70.